The van der Waals surface area contributed by atoms with Crippen LogP contribution < -0.4 is 10.6 Å². The Labute approximate surface area is 186 Å². The summed E-state index contributed by atoms with van der Waals surface area (Å²) in [6, 6.07) is -0.0397. The number of nitrogens with zero attached hydrogens (tertiary/aromatic N) is 1. The number of hydrogen-bond acceptors (Lipinski definition) is 3. The molecule has 1 aliphatic heterocycles. The van der Waals surface area contributed by atoms with E-state index < -0.39 is 0 Å². The van der Waals surface area contributed by atoms with Gasteiger partial charge in [-0.3, -0.25) is 14.4 Å². The minimum absolute atomic E-state index is 0.0279. The molecule has 5 saturated carbocycles. The fourth-order valence-corrected chi connectivity index (χ4v) is 7.92. The van der Waals surface area contributed by atoms with Crippen LogP contribution in [0.15, 0.2) is 0 Å². The Morgan fingerprint density at radius 2 is 1.48 bits per heavy atom. The van der Waals surface area contributed by atoms with E-state index in [-0.39, 0.29) is 29.2 Å². The first-order chi connectivity index (χ1) is 15.0. The third-order valence-corrected chi connectivity index (χ3v) is 8.93. The Bertz CT molecular complexity index is 680. The molecule has 1 unspecified atom stereocenters. The summed E-state index contributed by atoms with van der Waals surface area (Å²) in [6.07, 6.45) is 14.9. The second-order valence-corrected chi connectivity index (χ2v) is 11.3. The molecule has 1 saturated heterocycles. The normalized spacial score (nSPS) is 37.1. The Morgan fingerprint density at radius 1 is 0.839 bits per heavy atom. The minimum atomic E-state index is -0.345. The molecule has 6 aliphatic rings. The van der Waals surface area contributed by atoms with Gasteiger partial charge in [0, 0.05) is 25.6 Å². The van der Waals surface area contributed by atoms with Crippen LogP contribution in [0.25, 0.3) is 0 Å². The molecule has 6 heteroatoms. The molecular weight excluding hydrogens is 390 g/mol. The van der Waals surface area contributed by atoms with Gasteiger partial charge in [0.25, 0.3) is 0 Å². The number of amides is 3. The third kappa shape index (κ3) is 4.36. The number of carbonyl (C=O) groups is 3. The molecule has 5 aliphatic carbocycles. The molecule has 6 fully saturated rings. The molecule has 0 aromatic heterocycles. The van der Waals surface area contributed by atoms with E-state index in [1.807, 2.05) is 4.90 Å². The fraction of sp³-hybridized carbons (Fsp3) is 0.880. The van der Waals surface area contributed by atoms with Crippen LogP contribution in [0.1, 0.15) is 89.9 Å². The zero-order valence-corrected chi connectivity index (χ0v) is 18.9. The van der Waals surface area contributed by atoms with Crippen molar-refractivity contribution in [3.8, 4) is 0 Å². The second-order valence-electron chi connectivity index (χ2n) is 11.3. The minimum Gasteiger partial charge on any atom is -0.354 e. The first kappa shape index (κ1) is 21.3. The monoisotopic (exact) mass is 429 g/mol. The van der Waals surface area contributed by atoms with Gasteiger partial charge in [0.2, 0.25) is 17.7 Å². The van der Waals surface area contributed by atoms with Crippen molar-refractivity contribution in [3.63, 3.8) is 0 Å². The topological polar surface area (TPSA) is 78.5 Å². The van der Waals surface area contributed by atoms with Gasteiger partial charge in [0.1, 0.15) is 6.04 Å². The lowest BCUT2D eigenvalue weighted by Crippen LogP contribution is -2.57. The molecule has 6 nitrogen and oxygen atoms in total. The number of carbonyl (C=O) groups excluding carboxylic acids is 3. The van der Waals surface area contributed by atoms with E-state index in [2.05, 4.69) is 10.6 Å². The predicted molar refractivity (Wildman–Crippen MR) is 118 cm³/mol. The Hall–Kier alpha value is -1.59. The maximum absolute atomic E-state index is 13.7. The molecule has 0 aromatic carbocycles. The number of nitrogens with one attached hydrogen (secondary N) is 2. The third-order valence-electron chi connectivity index (χ3n) is 8.93. The van der Waals surface area contributed by atoms with E-state index in [4.69, 9.17) is 0 Å². The van der Waals surface area contributed by atoms with Gasteiger partial charge in [-0.05, 0) is 82.0 Å². The zero-order chi connectivity index (χ0) is 21.4. The first-order valence-electron chi connectivity index (χ1n) is 12.9. The van der Waals surface area contributed by atoms with Gasteiger partial charge in [-0.15, -0.1) is 0 Å². The highest BCUT2D eigenvalue weighted by atomic mass is 16.2. The van der Waals surface area contributed by atoms with Crippen molar-refractivity contribution in [1.29, 1.82) is 0 Å². The van der Waals surface area contributed by atoms with Crippen LogP contribution in [0.2, 0.25) is 0 Å². The zero-order valence-electron chi connectivity index (χ0n) is 18.9. The molecule has 0 spiro atoms. The Balaban J connectivity index is 1.13. The van der Waals surface area contributed by atoms with Crippen LogP contribution in [0.5, 0.6) is 0 Å². The standard InChI is InChI=1S/C25H39N3O3/c29-22(27-20-5-2-1-3-6-20)8-9-26-23(30)21-7-4-10-28(21)24(31)25-14-17-11-18(15-25)13-19(12-17)16-25/h17-21H,1-16H2,(H,26,30)(H,27,29). The van der Waals surface area contributed by atoms with Crippen LogP contribution in [-0.4, -0.2) is 47.8 Å². The fourth-order valence-electron chi connectivity index (χ4n) is 7.92. The molecule has 6 rings (SSSR count). The predicted octanol–water partition coefficient (Wildman–Crippen LogP) is 3.15. The van der Waals surface area contributed by atoms with Gasteiger partial charge >= 0.3 is 0 Å². The summed E-state index contributed by atoms with van der Waals surface area (Å²) in [5.74, 6) is 2.41. The molecule has 3 amide bonds. The van der Waals surface area contributed by atoms with Gasteiger partial charge in [-0.2, -0.15) is 0 Å². The summed E-state index contributed by atoms with van der Waals surface area (Å²) in [5.41, 5.74) is -0.183. The number of rotatable bonds is 6. The highest BCUT2D eigenvalue weighted by molar-refractivity contribution is 5.91. The molecular formula is C25H39N3O3. The average molecular weight is 430 g/mol. The lowest BCUT2D eigenvalue weighted by atomic mass is 9.49. The Kier molecular flexibility index (Phi) is 6.00. The van der Waals surface area contributed by atoms with E-state index in [0.717, 1.165) is 62.7 Å². The number of hydrogen-bond donors (Lipinski definition) is 2. The smallest absolute Gasteiger partial charge is 0.242 e. The van der Waals surface area contributed by atoms with Crippen LogP contribution in [-0.2, 0) is 14.4 Å². The van der Waals surface area contributed by atoms with Gasteiger partial charge in [-0.1, -0.05) is 19.3 Å². The summed E-state index contributed by atoms with van der Waals surface area (Å²) >= 11 is 0. The van der Waals surface area contributed by atoms with Gasteiger partial charge < -0.3 is 15.5 Å². The van der Waals surface area contributed by atoms with Crippen molar-refractivity contribution < 1.29 is 14.4 Å². The molecule has 4 bridgehead atoms. The molecule has 31 heavy (non-hydrogen) atoms. The quantitative estimate of drug-likeness (QED) is 0.681. The molecule has 1 heterocycles. The lowest BCUT2D eigenvalue weighted by molar-refractivity contribution is -0.160. The summed E-state index contributed by atoms with van der Waals surface area (Å²) in [7, 11) is 0. The largest absolute Gasteiger partial charge is 0.354 e. The summed E-state index contributed by atoms with van der Waals surface area (Å²) in [5, 5.41) is 6.07. The molecule has 0 radical (unpaired) electrons. The highest BCUT2D eigenvalue weighted by Crippen LogP contribution is 2.60. The van der Waals surface area contributed by atoms with Gasteiger partial charge in [-0.25, -0.2) is 0 Å². The summed E-state index contributed by atoms with van der Waals surface area (Å²) in [6.45, 7) is 1.06. The number of likely N-dealkylation sites (tertiary alicyclic amines) is 1. The van der Waals surface area contributed by atoms with Crippen molar-refractivity contribution in [3.05, 3.63) is 0 Å². The van der Waals surface area contributed by atoms with Crippen molar-refractivity contribution in [1.82, 2.24) is 15.5 Å². The molecule has 1 atom stereocenters. The van der Waals surface area contributed by atoms with Gasteiger partial charge in [0.15, 0.2) is 0 Å². The van der Waals surface area contributed by atoms with Crippen LogP contribution in [0.3, 0.4) is 0 Å². The SMILES string of the molecule is O=C(CCNC(=O)C1CCCN1C(=O)C12CC3CC(CC(C3)C1)C2)NC1CCCCC1. The maximum atomic E-state index is 13.7. The van der Waals surface area contributed by atoms with Gasteiger partial charge in [0.05, 0.1) is 5.41 Å². The van der Waals surface area contributed by atoms with Crippen molar-refractivity contribution in [2.45, 2.75) is 102 Å². The first-order valence-corrected chi connectivity index (χ1v) is 12.9. The lowest BCUT2D eigenvalue weighted by Gasteiger charge is -2.56. The van der Waals surface area contributed by atoms with E-state index in [1.54, 1.807) is 0 Å². The molecule has 172 valence electrons. The average Bonchev–Trinajstić information content (AvgIpc) is 3.23. The maximum Gasteiger partial charge on any atom is 0.242 e. The van der Waals surface area contributed by atoms with Crippen molar-refractivity contribution in [2.75, 3.05) is 13.1 Å². The van der Waals surface area contributed by atoms with Crippen LogP contribution >= 0.6 is 0 Å². The van der Waals surface area contributed by atoms with Crippen LogP contribution in [0, 0.1) is 23.2 Å². The summed E-state index contributed by atoms with van der Waals surface area (Å²) in [4.78, 5) is 40.7. The second kappa shape index (κ2) is 8.74. The van der Waals surface area contributed by atoms with E-state index >= 15 is 0 Å². The molecule has 0 aromatic rings. The van der Waals surface area contributed by atoms with E-state index in [1.165, 1.54) is 38.5 Å². The summed E-state index contributed by atoms with van der Waals surface area (Å²) < 4.78 is 0. The molecule has 2 N–H and O–H groups in total. The van der Waals surface area contributed by atoms with E-state index in [9.17, 15) is 14.4 Å². The van der Waals surface area contributed by atoms with Crippen molar-refractivity contribution in [2.24, 2.45) is 23.2 Å². The van der Waals surface area contributed by atoms with E-state index in [0.29, 0.717) is 25.6 Å². The van der Waals surface area contributed by atoms with Crippen molar-refractivity contribution >= 4 is 17.7 Å². The Morgan fingerprint density at radius 3 is 2.13 bits per heavy atom. The van der Waals surface area contributed by atoms with Crippen LogP contribution in [0.4, 0.5) is 0 Å². The highest BCUT2D eigenvalue weighted by Gasteiger charge is 2.56.